The van der Waals surface area contributed by atoms with E-state index in [1.807, 2.05) is 6.92 Å². The number of alkyl halides is 2. The highest BCUT2D eigenvalue weighted by molar-refractivity contribution is 7.89. The van der Waals surface area contributed by atoms with E-state index in [2.05, 4.69) is 9.46 Å². The first-order chi connectivity index (χ1) is 11.2. The van der Waals surface area contributed by atoms with Gasteiger partial charge in [0.05, 0.1) is 4.90 Å². The van der Waals surface area contributed by atoms with E-state index < -0.39 is 33.7 Å². The van der Waals surface area contributed by atoms with E-state index in [0.29, 0.717) is 12.5 Å². The molecule has 0 radical (unpaired) electrons. The summed E-state index contributed by atoms with van der Waals surface area (Å²) in [5.74, 6) is -1.84. The molecule has 0 aromatic heterocycles. The molecule has 9 heteroatoms. The lowest BCUT2D eigenvalue weighted by Gasteiger charge is -2.42. The van der Waals surface area contributed by atoms with Gasteiger partial charge in [0.1, 0.15) is 0 Å². The Bertz CT molecular complexity index is 685. The standard InChI is InChI=1S/C15H21F3N2O3S/c1-10-4-2-3-7-15(10,9-19)20-24(21,22)11-5-6-13(12(16)8-11)23-14(17)18/h5-6,8,10,14,20H,2-4,7,9,19H2,1H3. The monoisotopic (exact) mass is 366 g/mol. The zero-order valence-electron chi connectivity index (χ0n) is 13.3. The summed E-state index contributed by atoms with van der Waals surface area (Å²) in [6.07, 6.45) is 3.28. The van der Waals surface area contributed by atoms with Crippen LogP contribution in [0.3, 0.4) is 0 Å². The number of sulfonamides is 1. The summed E-state index contributed by atoms with van der Waals surface area (Å²) in [6.45, 7) is -1.14. The maximum atomic E-state index is 13.8. The first-order valence-corrected chi connectivity index (χ1v) is 9.17. The number of nitrogens with two attached hydrogens (primary N) is 1. The molecule has 24 heavy (non-hydrogen) atoms. The van der Waals surface area contributed by atoms with Gasteiger partial charge in [-0.15, -0.1) is 0 Å². The third-order valence-corrected chi connectivity index (χ3v) is 6.13. The molecule has 0 bridgehead atoms. The van der Waals surface area contributed by atoms with Gasteiger partial charge in [0.15, 0.2) is 11.6 Å². The predicted octanol–water partition coefficient (Wildman–Crippen LogP) is 2.61. The highest BCUT2D eigenvalue weighted by atomic mass is 32.2. The van der Waals surface area contributed by atoms with Crippen molar-refractivity contribution in [3.05, 3.63) is 24.0 Å². The summed E-state index contributed by atoms with van der Waals surface area (Å²) in [5.41, 5.74) is 5.03. The van der Waals surface area contributed by atoms with Gasteiger partial charge < -0.3 is 10.5 Å². The average molecular weight is 366 g/mol. The van der Waals surface area contributed by atoms with Crippen molar-refractivity contribution in [1.82, 2.24) is 4.72 Å². The van der Waals surface area contributed by atoms with Crippen molar-refractivity contribution < 1.29 is 26.3 Å². The SMILES string of the molecule is CC1CCCCC1(CN)NS(=O)(=O)c1ccc(OC(F)F)c(F)c1. The molecule has 1 fully saturated rings. The minimum atomic E-state index is -4.04. The van der Waals surface area contributed by atoms with Gasteiger partial charge in [-0.2, -0.15) is 8.78 Å². The van der Waals surface area contributed by atoms with E-state index in [9.17, 15) is 21.6 Å². The lowest BCUT2D eigenvalue weighted by molar-refractivity contribution is -0.0522. The summed E-state index contributed by atoms with van der Waals surface area (Å²) in [5, 5.41) is 0. The molecular weight excluding hydrogens is 345 g/mol. The van der Waals surface area contributed by atoms with Crippen molar-refractivity contribution in [1.29, 1.82) is 0 Å². The topological polar surface area (TPSA) is 81.4 Å². The predicted molar refractivity (Wildman–Crippen MR) is 82.8 cm³/mol. The Labute approximate surface area is 139 Å². The summed E-state index contributed by atoms with van der Waals surface area (Å²) in [4.78, 5) is -0.354. The van der Waals surface area contributed by atoms with Crippen molar-refractivity contribution in [2.24, 2.45) is 11.7 Å². The van der Waals surface area contributed by atoms with E-state index in [1.54, 1.807) is 0 Å². The molecule has 0 spiro atoms. The largest absolute Gasteiger partial charge is 0.432 e. The van der Waals surface area contributed by atoms with Crippen LogP contribution >= 0.6 is 0 Å². The molecule has 1 aliphatic rings. The minimum Gasteiger partial charge on any atom is -0.432 e. The second-order valence-corrected chi connectivity index (χ2v) is 7.77. The smallest absolute Gasteiger partial charge is 0.387 e. The van der Waals surface area contributed by atoms with Gasteiger partial charge >= 0.3 is 6.61 Å². The van der Waals surface area contributed by atoms with Crippen LogP contribution in [0.2, 0.25) is 0 Å². The third kappa shape index (κ3) is 4.01. The first kappa shape index (κ1) is 19.0. The lowest BCUT2D eigenvalue weighted by Crippen LogP contribution is -2.58. The highest BCUT2D eigenvalue weighted by Crippen LogP contribution is 2.34. The molecule has 0 saturated heterocycles. The number of hydrogen-bond acceptors (Lipinski definition) is 4. The van der Waals surface area contributed by atoms with Gasteiger partial charge in [0, 0.05) is 12.1 Å². The van der Waals surface area contributed by atoms with E-state index in [1.165, 1.54) is 0 Å². The fourth-order valence-electron chi connectivity index (χ4n) is 3.08. The number of rotatable bonds is 6. The Morgan fingerprint density at radius 1 is 1.42 bits per heavy atom. The van der Waals surface area contributed by atoms with Crippen LogP contribution in [-0.4, -0.2) is 27.1 Å². The molecule has 2 rings (SSSR count). The Hall–Kier alpha value is -1.32. The van der Waals surface area contributed by atoms with Crippen LogP contribution in [0.1, 0.15) is 32.6 Å². The molecule has 0 heterocycles. The summed E-state index contributed by atoms with van der Waals surface area (Å²) in [6, 6.07) is 2.56. The second kappa shape index (κ2) is 7.28. The fourth-order valence-corrected chi connectivity index (χ4v) is 4.62. The van der Waals surface area contributed by atoms with E-state index in [-0.39, 0.29) is 17.4 Å². The molecule has 0 aliphatic heterocycles. The fraction of sp³-hybridized carbons (Fsp3) is 0.600. The number of nitrogens with one attached hydrogen (secondary N) is 1. The van der Waals surface area contributed by atoms with Gasteiger partial charge in [-0.05, 0) is 37.0 Å². The number of benzene rings is 1. The molecule has 0 amide bonds. The molecule has 136 valence electrons. The van der Waals surface area contributed by atoms with Crippen molar-refractivity contribution in [2.45, 2.75) is 49.7 Å². The normalized spacial score (nSPS) is 25.0. The first-order valence-electron chi connectivity index (χ1n) is 7.68. The summed E-state index contributed by atoms with van der Waals surface area (Å²) in [7, 11) is -4.04. The van der Waals surface area contributed by atoms with Gasteiger partial charge in [-0.1, -0.05) is 19.8 Å². The van der Waals surface area contributed by atoms with Crippen LogP contribution in [-0.2, 0) is 10.0 Å². The lowest BCUT2D eigenvalue weighted by atomic mass is 9.74. The molecular formula is C15H21F3N2O3S. The highest BCUT2D eigenvalue weighted by Gasteiger charge is 2.40. The molecule has 2 unspecified atom stereocenters. The van der Waals surface area contributed by atoms with Crippen LogP contribution in [0.25, 0.3) is 0 Å². The maximum Gasteiger partial charge on any atom is 0.387 e. The average Bonchev–Trinajstić information content (AvgIpc) is 2.51. The summed E-state index contributed by atoms with van der Waals surface area (Å²) >= 11 is 0. The third-order valence-electron chi connectivity index (χ3n) is 4.58. The van der Waals surface area contributed by atoms with E-state index in [0.717, 1.165) is 31.4 Å². The van der Waals surface area contributed by atoms with E-state index in [4.69, 9.17) is 5.73 Å². The Morgan fingerprint density at radius 2 is 2.12 bits per heavy atom. The van der Waals surface area contributed by atoms with Gasteiger partial charge in [-0.25, -0.2) is 17.5 Å². The van der Waals surface area contributed by atoms with Gasteiger partial charge in [0.25, 0.3) is 0 Å². The Morgan fingerprint density at radius 3 is 2.67 bits per heavy atom. The number of hydrogen-bond donors (Lipinski definition) is 2. The van der Waals surface area contributed by atoms with Crippen LogP contribution in [0.15, 0.2) is 23.1 Å². The van der Waals surface area contributed by atoms with Crippen molar-refractivity contribution in [3.63, 3.8) is 0 Å². The van der Waals surface area contributed by atoms with Gasteiger partial charge in [-0.3, -0.25) is 0 Å². The maximum absolute atomic E-state index is 13.8. The second-order valence-electron chi connectivity index (χ2n) is 6.08. The Balaban J connectivity index is 2.28. The van der Waals surface area contributed by atoms with Crippen LogP contribution < -0.4 is 15.2 Å². The number of ether oxygens (including phenoxy) is 1. The molecule has 5 nitrogen and oxygen atoms in total. The van der Waals surface area contributed by atoms with Crippen molar-refractivity contribution in [2.75, 3.05) is 6.54 Å². The zero-order chi connectivity index (χ0) is 18.0. The molecule has 1 aromatic rings. The minimum absolute atomic E-state index is 0.0392. The Kier molecular flexibility index (Phi) is 5.77. The number of halogens is 3. The van der Waals surface area contributed by atoms with Crippen LogP contribution in [0.4, 0.5) is 13.2 Å². The van der Waals surface area contributed by atoms with Crippen LogP contribution in [0.5, 0.6) is 5.75 Å². The quantitative estimate of drug-likeness (QED) is 0.811. The molecule has 2 atom stereocenters. The molecule has 1 aromatic carbocycles. The van der Waals surface area contributed by atoms with Gasteiger partial charge in [0.2, 0.25) is 10.0 Å². The van der Waals surface area contributed by atoms with Crippen molar-refractivity contribution >= 4 is 10.0 Å². The summed E-state index contributed by atoms with van der Waals surface area (Å²) < 4.78 is 69.8. The molecule has 3 N–H and O–H groups in total. The van der Waals surface area contributed by atoms with Crippen molar-refractivity contribution in [3.8, 4) is 5.75 Å². The van der Waals surface area contributed by atoms with Crippen LogP contribution in [0, 0.1) is 11.7 Å². The molecule has 1 saturated carbocycles. The zero-order valence-corrected chi connectivity index (χ0v) is 14.1. The molecule has 1 aliphatic carbocycles. The van der Waals surface area contributed by atoms with E-state index >= 15 is 0 Å².